The SMILES string of the molecule is COC(=O)c1nc(N)c(C(F)F)cc1C. The van der Waals surface area contributed by atoms with E-state index in [0.29, 0.717) is 5.56 Å². The molecular weight excluding hydrogens is 206 g/mol. The first-order chi connectivity index (χ1) is 6.97. The number of nitrogens with two attached hydrogens (primary N) is 1. The van der Waals surface area contributed by atoms with Crippen LogP contribution in [0.3, 0.4) is 0 Å². The summed E-state index contributed by atoms with van der Waals surface area (Å²) in [6.45, 7) is 1.49. The number of esters is 1. The zero-order valence-corrected chi connectivity index (χ0v) is 8.25. The molecule has 0 aliphatic rings. The number of carbonyl (C=O) groups excluding carboxylic acids is 1. The number of hydrogen-bond donors (Lipinski definition) is 1. The van der Waals surface area contributed by atoms with Crippen LogP contribution in [0.25, 0.3) is 0 Å². The van der Waals surface area contributed by atoms with Gasteiger partial charge in [0.05, 0.1) is 12.7 Å². The number of rotatable bonds is 2. The van der Waals surface area contributed by atoms with Crippen molar-refractivity contribution < 1.29 is 18.3 Å². The monoisotopic (exact) mass is 216 g/mol. The van der Waals surface area contributed by atoms with Crippen molar-refractivity contribution in [3.8, 4) is 0 Å². The van der Waals surface area contributed by atoms with E-state index in [0.717, 1.165) is 6.07 Å². The number of alkyl halides is 2. The molecule has 1 aromatic rings. The maximum atomic E-state index is 12.4. The van der Waals surface area contributed by atoms with Crippen molar-refractivity contribution in [2.24, 2.45) is 0 Å². The Morgan fingerprint density at radius 1 is 1.60 bits per heavy atom. The number of ether oxygens (including phenoxy) is 1. The number of nitrogens with zero attached hydrogens (tertiary/aromatic N) is 1. The van der Waals surface area contributed by atoms with E-state index in [4.69, 9.17) is 5.73 Å². The highest BCUT2D eigenvalue weighted by Crippen LogP contribution is 2.25. The molecule has 0 radical (unpaired) electrons. The normalized spacial score (nSPS) is 10.5. The molecule has 1 heterocycles. The van der Waals surface area contributed by atoms with Crippen LogP contribution < -0.4 is 5.73 Å². The Morgan fingerprint density at radius 2 is 2.20 bits per heavy atom. The van der Waals surface area contributed by atoms with Gasteiger partial charge < -0.3 is 10.5 Å². The van der Waals surface area contributed by atoms with Gasteiger partial charge in [-0.2, -0.15) is 0 Å². The minimum Gasteiger partial charge on any atom is -0.464 e. The molecule has 0 saturated heterocycles. The van der Waals surface area contributed by atoms with Crippen molar-refractivity contribution in [3.63, 3.8) is 0 Å². The van der Waals surface area contributed by atoms with Crippen molar-refractivity contribution in [3.05, 3.63) is 22.9 Å². The van der Waals surface area contributed by atoms with Crippen LogP contribution in [0.4, 0.5) is 14.6 Å². The number of anilines is 1. The fourth-order valence-electron chi connectivity index (χ4n) is 1.13. The van der Waals surface area contributed by atoms with Gasteiger partial charge in [-0.3, -0.25) is 0 Å². The summed E-state index contributed by atoms with van der Waals surface area (Å²) in [6.07, 6.45) is -2.71. The van der Waals surface area contributed by atoms with Gasteiger partial charge in [-0.1, -0.05) is 0 Å². The van der Waals surface area contributed by atoms with Gasteiger partial charge in [0, 0.05) is 0 Å². The maximum absolute atomic E-state index is 12.4. The Labute approximate surface area is 85.1 Å². The third kappa shape index (κ3) is 2.20. The lowest BCUT2D eigenvalue weighted by molar-refractivity contribution is 0.0592. The van der Waals surface area contributed by atoms with E-state index in [1.807, 2.05) is 0 Å². The number of hydrogen-bond acceptors (Lipinski definition) is 4. The zero-order valence-electron chi connectivity index (χ0n) is 8.25. The molecule has 15 heavy (non-hydrogen) atoms. The summed E-state index contributed by atoms with van der Waals surface area (Å²) in [5.41, 5.74) is 5.18. The van der Waals surface area contributed by atoms with E-state index in [9.17, 15) is 13.6 Å². The average molecular weight is 216 g/mol. The summed E-state index contributed by atoms with van der Waals surface area (Å²) >= 11 is 0. The molecule has 6 heteroatoms. The fourth-order valence-corrected chi connectivity index (χ4v) is 1.13. The minimum atomic E-state index is -2.71. The van der Waals surface area contributed by atoms with Crippen molar-refractivity contribution in [1.82, 2.24) is 4.98 Å². The summed E-state index contributed by atoms with van der Waals surface area (Å²) in [4.78, 5) is 14.7. The van der Waals surface area contributed by atoms with Crippen LogP contribution in [0.2, 0.25) is 0 Å². The van der Waals surface area contributed by atoms with E-state index in [2.05, 4.69) is 9.72 Å². The van der Waals surface area contributed by atoms with Gasteiger partial charge in [0.1, 0.15) is 5.82 Å². The Hall–Kier alpha value is -1.72. The maximum Gasteiger partial charge on any atom is 0.357 e. The zero-order chi connectivity index (χ0) is 11.6. The largest absolute Gasteiger partial charge is 0.464 e. The highest BCUT2D eigenvalue weighted by atomic mass is 19.3. The number of halogens is 2. The summed E-state index contributed by atoms with van der Waals surface area (Å²) in [5.74, 6) is -1.05. The molecule has 0 saturated carbocycles. The molecule has 2 N–H and O–H groups in total. The van der Waals surface area contributed by atoms with E-state index in [-0.39, 0.29) is 17.1 Å². The smallest absolute Gasteiger partial charge is 0.357 e. The van der Waals surface area contributed by atoms with Crippen LogP contribution in [0, 0.1) is 6.92 Å². The molecular formula is C9H10F2N2O2. The highest BCUT2D eigenvalue weighted by Gasteiger charge is 2.18. The van der Waals surface area contributed by atoms with Crippen LogP contribution in [-0.2, 0) is 4.74 Å². The third-order valence-electron chi connectivity index (χ3n) is 1.89. The minimum absolute atomic E-state index is 0.0422. The standard InChI is InChI=1S/C9H10F2N2O2/c1-4-3-5(7(10)11)8(12)13-6(4)9(14)15-2/h3,7H,1-2H3,(H2,12,13). The first kappa shape index (κ1) is 11.4. The lowest BCUT2D eigenvalue weighted by Crippen LogP contribution is -2.10. The molecule has 0 fully saturated rings. The van der Waals surface area contributed by atoms with Gasteiger partial charge in [-0.05, 0) is 18.6 Å². The first-order valence-electron chi connectivity index (χ1n) is 4.10. The van der Waals surface area contributed by atoms with Gasteiger partial charge in [-0.25, -0.2) is 18.6 Å². The molecule has 1 aromatic heterocycles. The van der Waals surface area contributed by atoms with Gasteiger partial charge in [0.15, 0.2) is 5.69 Å². The lowest BCUT2D eigenvalue weighted by Gasteiger charge is -2.08. The number of aryl methyl sites for hydroxylation is 1. The molecule has 4 nitrogen and oxygen atoms in total. The number of carbonyl (C=O) groups is 1. The Bertz CT molecular complexity index is 394. The molecule has 0 bridgehead atoms. The lowest BCUT2D eigenvalue weighted by atomic mass is 10.1. The molecule has 0 spiro atoms. The van der Waals surface area contributed by atoms with Crippen molar-refractivity contribution in [2.45, 2.75) is 13.3 Å². The summed E-state index contributed by atoms with van der Waals surface area (Å²) in [7, 11) is 1.18. The molecule has 0 unspecified atom stereocenters. The second-order valence-electron chi connectivity index (χ2n) is 2.92. The summed E-state index contributed by atoms with van der Waals surface area (Å²) in [5, 5.41) is 0. The quantitative estimate of drug-likeness (QED) is 0.764. The topological polar surface area (TPSA) is 65.2 Å². The summed E-state index contributed by atoms with van der Waals surface area (Å²) in [6, 6.07) is 1.14. The van der Waals surface area contributed by atoms with E-state index < -0.39 is 12.4 Å². The molecule has 82 valence electrons. The van der Waals surface area contributed by atoms with E-state index >= 15 is 0 Å². The summed E-state index contributed by atoms with van der Waals surface area (Å²) < 4.78 is 29.2. The number of pyridine rings is 1. The van der Waals surface area contributed by atoms with E-state index in [1.54, 1.807) is 0 Å². The molecule has 0 aliphatic heterocycles. The van der Waals surface area contributed by atoms with Crippen molar-refractivity contribution >= 4 is 11.8 Å². The van der Waals surface area contributed by atoms with Gasteiger partial charge in [-0.15, -0.1) is 0 Å². The molecule has 0 atom stereocenters. The van der Waals surface area contributed by atoms with Crippen LogP contribution in [0.1, 0.15) is 28.0 Å². The number of nitrogen functional groups attached to an aromatic ring is 1. The van der Waals surface area contributed by atoms with Gasteiger partial charge in [0.2, 0.25) is 0 Å². The number of methoxy groups -OCH3 is 1. The van der Waals surface area contributed by atoms with Crippen molar-refractivity contribution in [2.75, 3.05) is 12.8 Å². The first-order valence-corrected chi connectivity index (χ1v) is 4.10. The van der Waals surface area contributed by atoms with Gasteiger partial charge >= 0.3 is 5.97 Å². The molecule has 1 rings (SSSR count). The van der Waals surface area contributed by atoms with Crippen LogP contribution in [0.5, 0.6) is 0 Å². The van der Waals surface area contributed by atoms with Crippen LogP contribution >= 0.6 is 0 Å². The van der Waals surface area contributed by atoms with Crippen LogP contribution in [0.15, 0.2) is 6.07 Å². The Kier molecular flexibility index (Phi) is 3.18. The second-order valence-corrected chi connectivity index (χ2v) is 2.92. The number of aromatic nitrogens is 1. The Balaban J connectivity index is 3.25. The predicted molar refractivity (Wildman–Crippen MR) is 49.7 cm³/mol. The van der Waals surface area contributed by atoms with Gasteiger partial charge in [0.25, 0.3) is 6.43 Å². The van der Waals surface area contributed by atoms with Crippen molar-refractivity contribution in [1.29, 1.82) is 0 Å². The highest BCUT2D eigenvalue weighted by molar-refractivity contribution is 5.89. The molecule has 0 amide bonds. The molecule has 0 aliphatic carbocycles. The third-order valence-corrected chi connectivity index (χ3v) is 1.89. The van der Waals surface area contributed by atoms with Crippen LogP contribution in [-0.4, -0.2) is 18.1 Å². The second kappa shape index (κ2) is 4.20. The average Bonchev–Trinajstić information content (AvgIpc) is 2.19. The van der Waals surface area contributed by atoms with E-state index in [1.165, 1.54) is 14.0 Å². The Morgan fingerprint density at radius 3 is 2.67 bits per heavy atom. The predicted octanol–water partition coefficient (Wildman–Crippen LogP) is 1.70. The fraction of sp³-hybridized carbons (Fsp3) is 0.333. The molecule has 0 aromatic carbocycles.